The molecule has 26 heavy (non-hydrogen) atoms. The molecule has 0 aliphatic heterocycles. The summed E-state index contributed by atoms with van der Waals surface area (Å²) in [6.45, 7) is -0.269. The minimum atomic E-state index is -1.18. The Morgan fingerprint density at radius 3 is 2.42 bits per heavy atom. The smallest absolute Gasteiger partial charge is 0.326 e. The third kappa shape index (κ3) is 5.71. The van der Waals surface area contributed by atoms with Gasteiger partial charge in [-0.05, 0) is 5.56 Å². The molecule has 0 aliphatic carbocycles. The topological polar surface area (TPSA) is 150 Å². The molecule has 2 unspecified atom stereocenters. The van der Waals surface area contributed by atoms with Crippen LogP contribution < -0.4 is 16.4 Å². The number of hydrogen-bond donors (Lipinski definition) is 5. The number of rotatable bonds is 9. The van der Waals surface area contributed by atoms with E-state index in [1.165, 1.54) is 12.5 Å². The average molecular weight is 359 g/mol. The molecule has 2 atom stereocenters. The fourth-order valence-corrected chi connectivity index (χ4v) is 2.40. The fourth-order valence-electron chi connectivity index (χ4n) is 2.40. The highest BCUT2D eigenvalue weighted by atomic mass is 16.4. The largest absolute Gasteiger partial charge is 0.480 e. The van der Waals surface area contributed by atoms with Gasteiger partial charge in [0.15, 0.2) is 0 Å². The Hall–Kier alpha value is -3.20. The maximum Gasteiger partial charge on any atom is 0.326 e. The van der Waals surface area contributed by atoms with Gasteiger partial charge in [-0.15, -0.1) is 0 Å². The highest BCUT2D eigenvalue weighted by Crippen LogP contribution is 2.05. The zero-order valence-electron chi connectivity index (χ0n) is 14.0. The summed E-state index contributed by atoms with van der Waals surface area (Å²) in [5, 5.41) is 14.4. The summed E-state index contributed by atoms with van der Waals surface area (Å²) in [5.74, 6) is -2.28. The van der Waals surface area contributed by atoms with E-state index in [4.69, 9.17) is 5.73 Å². The Morgan fingerprint density at radius 1 is 1.12 bits per heavy atom. The number of amides is 2. The highest BCUT2D eigenvalue weighted by Gasteiger charge is 2.27. The minimum absolute atomic E-state index is 0.0456. The number of nitrogens with one attached hydrogen (secondary N) is 3. The molecule has 9 heteroatoms. The number of nitrogens with two attached hydrogens (primary N) is 1. The Kier molecular flexibility index (Phi) is 6.86. The molecule has 0 saturated heterocycles. The lowest BCUT2D eigenvalue weighted by Gasteiger charge is -2.21. The number of aromatic amines is 1. The van der Waals surface area contributed by atoms with Crippen LogP contribution in [0.3, 0.4) is 0 Å². The van der Waals surface area contributed by atoms with Crippen LogP contribution in [-0.2, 0) is 27.2 Å². The third-order valence-corrected chi connectivity index (χ3v) is 3.71. The van der Waals surface area contributed by atoms with Gasteiger partial charge in [0.05, 0.1) is 12.9 Å². The van der Waals surface area contributed by atoms with Gasteiger partial charge in [-0.25, -0.2) is 9.78 Å². The Bertz CT molecular complexity index is 733. The molecule has 1 heterocycles. The molecule has 0 fully saturated rings. The summed E-state index contributed by atoms with van der Waals surface area (Å²) < 4.78 is 0. The van der Waals surface area contributed by atoms with E-state index < -0.39 is 29.9 Å². The van der Waals surface area contributed by atoms with Crippen molar-refractivity contribution >= 4 is 17.8 Å². The van der Waals surface area contributed by atoms with Crippen LogP contribution in [0, 0.1) is 0 Å². The van der Waals surface area contributed by atoms with Crippen molar-refractivity contribution in [2.24, 2.45) is 5.73 Å². The number of aliphatic carboxylic acids is 1. The van der Waals surface area contributed by atoms with Crippen LogP contribution in [0.15, 0.2) is 42.9 Å². The first kappa shape index (κ1) is 19.1. The number of carbonyl (C=O) groups excluding carboxylic acids is 2. The van der Waals surface area contributed by atoms with E-state index in [1.807, 2.05) is 30.3 Å². The van der Waals surface area contributed by atoms with Crippen molar-refractivity contribution < 1.29 is 19.5 Å². The summed E-state index contributed by atoms with van der Waals surface area (Å²) in [6, 6.07) is 7.00. The molecule has 0 spiro atoms. The molecule has 0 aliphatic rings. The van der Waals surface area contributed by atoms with Gasteiger partial charge < -0.3 is 26.5 Å². The number of imidazole rings is 1. The van der Waals surface area contributed by atoms with E-state index in [0.29, 0.717) is 5.69 Å². The van der Waals surface area contributed by atoms with Crippen LogP contribution in [0.25, 0.3) is 0 Å². The van der Waals surface area contributed by atoms with E-state index in [2.05, 4.69) is 20.6 Å². The van der Waals surface area contributed by atoms with Crippen LogP contribution >= 0.6 is 0 Å². The van der Waals surface area contributed by atoms with Gasteiger partial charge in [0.2, 0.25) is 11.8 Å². The molecule has 9 nitrogen and oxygen atoms in total. The fraction of sp³-hybridized carbons (Fsp3) is 0.294. The standard InChI is InChI=1S/C17H21N5O4/c18-8-15(23)21-13(6-11-4-2-1-3-5-11)16(24)22-14(17(25)26)7-12-9-19-10-20-12/h1-5,9-10,13-14H,6-8,18H2,(H,19,20)(H,21,23)(H,22,24)(H,25,26). The molecule has 2 amide bonds. The second kappa shape index (κ2) is 9.33. The number of carboxylic acids is 1. The first-order valence-corrected chi connectivity index (χ1v) is 8.03. The van der Waals surface area contributed by atoms with Gasteiger partial charge in [-0.1, -0.05) is 30.3 Å². The van der Waals surface area contributed by atoms with Crippen molar-refractivity contribution in [2.45, 2.75) is 24.9 Å². The summed E-state index contributed by atoms with van der Waals surface area (Å²) in [6.07, 6.45) is 3.17. The van der Waals surface area contributed by atoms with Gasteiger partial charge in [0, 0.05) is 24.7 Å². The predicted molar refractivity (Wildman–Crippen MR) is 93.0 cm³/mol. The maximum absolute atomic E-state index is 12.6. The number of carboxylic acid groups (broad SMARTS) is 1. The monoisotopic (exact) mass is 359 g/mol. The lowest BCUT2D eigenvalue weighted by atomic mass is 10.0. The van der Waals surface area contributed by atoms with Gasteiger partial charge in [0.1, 0.15) is 12.1 Å². The summed E-state index contributed by atoms with van der Waals surface area (Å²) in [7, 11) is 0. The van der Waals surface area contributed by atoms with Gasteiger partial charge in [-0.3, -0.25) is 9.59 Å². The quantitative estimate of drug-likeness (QED) is 0.396. The Labute approximate surface area is 150 Å². The summed E-state index contributed by atoms with van der Waals surface area (Å²) >= 11 is 0. The van der Waals surface area contributed by atoms with E-state index in [1.54, 1.807) is 0 Å². The summed E-state index contributed by atoms with van der Waals surface area (Å²) in [4.78, 5) is 42.3. The van der Waals surface area contributed by atoms with Gasteiger partial charge in [0.25, 0.3) is 0 Å². The molecular weight excluding hydrogens is 338 g/mol. The van der Waals surface area contributed by atoms with Crippen molar-refractivity contribution in [3.63, 3.8) is 0 Å². The summed E-state index contributed by atoms with van der Waals surface area (Å²) in [5.41, 5.74) is 6.70. The lowest BCUT2D eigenvalue weighted by molar-refractivity contribution is -0.142. The Balaban J connectivity index is 2.09. The molecule has 1 aromatic carbocycles. The molecule has 2 rings (SSSR count). The zero-order valence-corrected chi connectivity index (χ0v) is 14.0. The number of aromatic nitrogens is 2. The van der Waals surface area contributed by atoms with Crippen molar-refractivity contribution in [1.82, 2.24) is 20.6 Å². The molecule has 2 aromatic rings. The van der Waals surface area contributed by atoms with Crippen molar-refractivity contribution in [3.8, 4) is 0 Å². The molecule has 6 N–H and O–H groups in total. The van der Waals surface area contributed by atoms with Crippen LogP contribution in [0.1, 0.15) is 11.3 Å². The molecule has 138 valence electrons. The molecule has 0 saturated carbocycles. The number of H-pyrrole nitrogens is 1. The first-order valence-electron chi connectivity index (χ1n) is 8.03. The lowest BCUT2D eigenvalue weighted by Crippen LogP contribution is -2.54. The minimum Gasteiger partial charge on any atom is -0.480 e. The third-order valence-electron chi connectivity index (χ3n) is 3.71. The van der Waals surface area contributed by atoms with Crippen molar-refractivity contribution in [3.05, 3.63) is 54.1 Å². The van der Waals surface area contributed by atoms with E-state index in [0.717, 1.165) is 5.56 Å². The molecule has 0 bridgehead atoms. The normalized spacial score (nSPS) is 12.8. The van der Waals surface area contributed by atoms with Crippen LogP contribution in [-0.4, -0.2) is 51.5 Å². The number of carbonyl (C=O) groups is 3. The van der Waals surface area contributed by atoms with E-state index in [9.17, 15) is 19.5 Å². The maximum atomic E-state index is 12.6. The van der Waals surface area contributed by atoms with Crippen molar-refractivity contribution in [2.75, 3.05) is 6.54 Å². The SMILES string of the molecule is NCC(=O)NC(Cc1ccccc1)C(=O)NC(Cc1cnc[nH]1)C(=O)O. The van der Waals surface area contributed by atoms with Crippen LogP contribution in [0.5, 0.6) is 0 Å². The second-order valence-corrected chi connectivity index (χ2v) is 5.69. The van der Waals surface area contributed by atoms with Crippen molar-refractivity contribution in [1.29, 1.82) is 0 Å². The molecule has 1 aromatic heterocycles. The van der Waals surface area contributed by atoms with Crippen LogP contribution in [0.4, 0.5) is 0 Å². The highest BCUT2D eigenvalue weighted by molar-refractivity contribution is 5.91. The number of nitrogens with zero attached hydrogens (tertiary/aromatic N) is 1. The second-order valence-electron chi connectivity index (χ2n) is 5.69. The van der Waals surface area contributed by atoms with Gasteiger partial charge >= 0.3 is 5.97 Å². The number of benzene rings is 1. The van der Waals surface area contributed by atoms with Gasteiger partial charge in [-0.2, -0.15) is 0 Å². The predicted octanol–water partition coefficient (Wildman–Crippen LogP) is -0.792. The van der Waals surface area contributed by atoms with E-state index >= 15 is 0 Å². The average Bonchev–Trinajstić information content (AvgIpc) is 3.14. The first-order chi connectivity index (χ1) is 12.5. The van der Waals surface area contributed by atoms with Crippen LogP contribution in [0.2, 0.25) is 0 Å². The zero-order chi connectivity index (χ0) is 18.9. The molecule has 0 radical (unpaired) electrons. The number of hydrogen-bond acceptors (Lipinski definition) is 5. The Morgan fingerprint density at radius 2 is 1.85 bits per heavy atom. The van der Waals surface area contributed by atoms with E-state index in [-0.39, 0.29) is 19.4 Å². The molecular formula is C17H21N5O4.